The van der Waals surface area contributed by atoms with Crippen LogP contribution in [0.1, 0.15) is 12.0 Å². The van der Waals surface area contributed by atoms with Gasteiger partial charge in [0.05, 0.1) is 0 Å². The van der Waals surface area contributed by atoms with Crippen LogP contribution in [0.2, 0.25) is 0 Å². The van der Waals surface area contributed by atoms with Gasteiger partial charge in [-0.15, -0.1) is 11.8 Å². The summed E-state index contributed by atoms with van der Waals surface area (Å²) in [6.07, 6.45) is 1.81. The topological polar surface area (TPSA) is 26.0 Å². The van der Waals surface area contributed by atoms with Crippen molar-refractivity contribution in [3.63, 3.8) is 0 Å². The van der Waals surface area contributed by atoms with E-state index in [9.17, 15) is 4.39 Å². The predicted molar refractivity (Wildman–Crippen MR) is 53.4 cm³/mol. The van der Waals surface area contributed by atoms with E-state index in [-0.39, 0.29) is 5.82 Å². The Labute approximate surface area is 81.5 Å². The molecule has 0 saturated heterocycles. The summed E-state index contributed by atoms with van der Waals surface area (Å²) >= 11 is 1.75. The first-order chi connectivity index (χ1) is 6.31. The number of thioether (sulfide) groups is 1. The molecule has 1 atom stereocenters. The van der Waals surface area contributed by atoms with Gasteiger partial charge >= 0.3 is 0 Å². The Morgan fingerprint density at radius 1 is 1.54 bits per heavy atom. The van der Waals surface area contributed by atoms with Gasteiger partial charge in [0.15, 0.2) is 0 Å². The van der Waals surface area contributed by atoms with Crippen molar-refractivity contribution >= 4 is 11.8 Å². The van der Waals surface area contributed by atoms with Crippen LogP contribution in [-0.4, -0.2) is 11.8 Å². The number of halogens is 1. The molecular weight excluding hydrogens is 185 g/mol. The number of fused-ring (bicyclic) bond motifs is 1. The molecule has 0 spiro atoms. The van der Waals surface area contributed by atoms with Crippen LogP contribution in [0.25, 0.3) is 0 Å². The summed E-state index contributed by atoms with van der Waals surface area (Å²) in [5.41, 5.74) is 6.35. The summed E-state index contributed by atoms with van der Waals surface area (Å²) in [5.74, 6) is -0.0653. The zero-order valence-electron chi connectivity index (χ0n) is 7.29. The van der Waals surface area contributed by atoms with Crippen molar-refractivity contribution in [2.75, 3.05) is 6.54 Å². The highest BCUT2D eigenvalue weighted by Gasteiger charge is 2.23. The standard InChI is InChI=1S/C10H12FNS/c11-9-2-1-3-10-8(9)6-7(13-10)4-5-12/h1-3,7H,4-6,12H2. The quantitative estimate of drug-likeness (QED) is 0.786. The van der Waals surface area contributed by atoms with Crippen LogP contribution in [0.5, 0.6) is 0 Å². The fourth-order valence-corrected chi connectivity index (χ4v) is 2.99. The van der Waals surface area contributed by atoms with E-state index in [2.05, 4.69) is 0 Å². The molecule has 3 heteroatoms. The second kappa shape index (κ2) is 3.68. The zero-order chi connectivity index (χ0) is 9.26. The molecule has 1 unspecified atom stereocenters. The highest BCUT2D eigenvalue weighted by atomic mass is 32.2. The molecule has 1 aromatic rings. The lowest BCUT2D eigenvalue weighted by atomic mass is 10.1. The van der Waals surface area contributed by atoms with Gasteiger partial charge in [0, 0.05) is 15.7 Å². The molecule has 13 heavy (non-hydrogen) atoms. The molecule has 70 valence electrons. The van der Waals surface area contributed by atoms with E-state index in [0.717, 1.165) is 23.3 Å². The van der Waals surface area contributed by atoms with Crippen molar-refractivity contribution in [3.05, 3.63) is 29.6 Å². The summed E-state index contributed by atoms with van der Waals surface area (Å²) in [4.78, 5) is 1.10. The van der Waals surface area contributed by atoms with E-state index in [0.29, 0.717) is 11.8 Å². The fraction of sp³-hybridized carbons (Fsp3) is 0.400. The minimum Gasteiger partial charge on any atom is -0.330 e. The molecule has 0 bridgehead atoms. The summed E-state index contributed by atoms with van der Waals surface area (Å²) in [6, 6.07) is 5.29. The number of hydrogen-bond acceptors (Lipinski definition) is 2. The SMILES string of the molecule is NCCC1Cc2c(F)cccc2S1. The van der Waals surface area contributed by atoms with Crippen LogP contribution in [0.15, 0.2) is 23.1 Å². The average molecular weight is 197 g/mol. The molecule has 0 saturated carbocycles. The minimum absolute atomic E-state index is 0.0653. The van der Waals surface area contributed by atoms with Gasteiger partial charge in [0.25, 0.3) is 0 Å². The van der Waals surface area contributed by atoms with Crippen molar-refractivity contribution in [2.24, 2.45) is 5.73 Å². The van der Waals surface area contributed by atoms with Crippen LogP contribution >= 0.6 is 11.8 Å². The Bertz CT molecular complexity index is 314. The first kappa shape index (κ1) is 9.03. The molecule has 1 aliphatic rings. The maximum absolute atomic E-state index is 13.3. The largest absolute Gasteiger partial charge is 0.330 e. The monoisotopic (exact) mass is 197 g/mol. The molecule has 1 heterocycles. The molecule has 2 rings (SSSR count). The number of rotatable bonds is 2. The van der Waals surface area contributed by atoms with Crippen molar-refractivity contribution in [3.8, 4) is 0 Å². The van der Waals surface area contributed by atoms with Crippen LogP contribution in [-0.2, 0) is 6.42 Å². The fourth-order valence-electron chi connectivity index (χ4n) is 1.64. The lowest BCUT2D eigenvalue weighted by molar-refractivity contribution is 0.601. The highest BCUT2D eigenvalue weighted by molar-refractivity contribution is 8.00. The lowest BCUT2D eigenvalue weighted by Gasteiger charge is -2.03. The van der Waals surface area contributed by atoms with E-state index < -0.39 is 0 Å². The maximum atomic E-state index is 13.3. The van der Waals surface area contributed by atoms with E-state index in [1.54, 1.807) is 17.8 Å². The molecule has 1 aliphatic heterocycles. The third kappa shape index (κ3) is 1.71. The molecule has 1 nitrogen and oxygen atoms in total. The molecule has 1 aromatic carbocycles. The van der Waals surface area contributed by atoms with Crippen molar-refractivity contribution in [2.45, 2.75) is 23.0 Å². The van der Waals surface area contributed by atoms with E-state index in [4.69, 9.17) is 5.73 Å². The van der Waals surface area contributed by atoms with Gasteiger partial charge in [0.2, 0.25) is 0 Å². The Morgan fingerprint density at radius 3 is 3.08 bits per heavy atom. The molecule has 0 aliphatic carbocycles. The van der Waals surface area contributed by atoms with Gasteiger partial charge in [-0.3, -0.25) is 0 Å². The summed E-state index contributed by atoms with van der Waals surface area (Å²) in [7, 11) is 0. The zero-order valence-corrected chi connectivity index (χ0v) is 8.11. The number of nitrogens with two attached hydrogens (primary N) is 1. The normalized spacial score (nSPS) is 20.3. The van der Waals surface area contributed by atoms with Crippen LogP contribution < -0.4 is 5.73 Å². The second-order valence-corrected chi connectivity index (χ2v) is 4.58. The van der Waals surface area contributed by atoms with Gasteiger partial charge in [0.1, 0.15) is 5.82 Å². The molecule has 0 amide bonds. The number of benzene rings is 1. The molecule has 0 radical (unpaired) electrons. The van der Waals surface area contributed by atoms with Crippen molar-refractivity contribution in [1.82, 2.24) is 0 Å². The number of hydrogen-bond donors (Lipinski definition) is 1. The van der Waals surface area contributed by atoms with Gasteiger partial charge < -0.3 is 5.73 Å². The smallest absolute Gasteiger partial charge is 0.127 e. The second-order valence-electron chi connectivity index (χ2n) is 3.24. The summed E-state index contributed by atoms with van der Waals surface area (Å²) in [6.45, 7) is 0.688. The molecule has 0 aromatic heterocycles. The van der Waals surface area contributed by atoms with E-state index in [1.807, 2.05) is 6.07 Å². The van der Waals surface area contributed by atoms with Crippen LogP contribution in [0.3, 0.4) is 0 Å². The van der Waals surface area contributed by atoms with Gasteiger partial charge in [-0.25, -0.2) is 4.39 Å². The van der Waals surface area contributed by atoms with Crippen LogP contribution in [0.4, 0.5) is 4.39 Å². The van der Waals surface area contributed by atoms with Gasteiger partial charge in [-0.1, -0.05) is 6.07 Å². The first-order valence-corrected chi connectivity index (χ1v) is 5.33. The minimum atomic E-state index is -0.0653. The third-order valence-corrected chi connectivity index (χ3v) is 3.66. The van der Waals surface area contributed by atoms with Crippen molar-refractivity contribution < 1.29 is 4.39 Å². The molecule has 2 N–H and O–H groups in total. The highest BCUT2D eigenvalue weighted by Crippen LogP contribution is 2.39. The van der Waals surface area contributed by atoms with Gasteiger partial charge in [-0.05, 0) is 31.5 Å². The van der Waals surface area contributed by atoms with E-state index in [1.165, 1.54) is 6.07 Å². The Hall–Kier alpha value is -0.540. The summed E-state index contributed by atoms with van der Waals surface area (Å²) < 4.78 is 13.3. The van der Waals surface area contributed by atoms with E-state index >= 15 is 0 Å². The Morgan fingerprint density at radius 2 is 2.38 bits per heavy atom. The lowest BCUT2D eigenvalue weighted by Crippen LogP contribution is -2.09. The predicted octanol–water partition coefficient (Wildman–Crippen LogP) is 2.19. The van der Waals surface area contributed by atoms with Crippen molar-refractivity contribution in [1.29, 1.82) is 0 Å². The average Bonchev–Trinajstić information content (AvgIpc) is 2.49. The van der Waals surface area contributed by atoms with Gasteiger partial charge in [-0.2, -0.15) is 0 Å². The first-order valence-electron chi connectivity index (χ1n) is 4.45. The molecule has 0 fully saturated rings. The summed E-state index contributed by atoms with van der Waals surface area (Å²) in [5, 5.41) is 0.483. The molecular formula is C10H12FNS. The Kier molecular flexibility index (Phi) is 2.56. The van der Waals surface area contributed by atoms with Crippen LogP contribution in [0, 0.1) is 5.82 Å². The third-order valence-electron chi connectivity index (χ3n) is 2.29. The Balaban J connectivity index is 2.20. The maximum Gasteiger partial charge on any atom is 0.127 e.